The van der Waals surface area contributed by atoms with Crippen LogP contribution in [0.5, 0.6) is 0 Å². The van der Waals surface area contributed by atoms with E-state index in [2.05, 4.69) is 0 Å². The fraction of sp³-hybridized carbons (Fsp3) is 0.273. The first-order valence-electron chi connectivity index (χ1n) is 4.69. The molecule has 0 aliphatic heterocycles. The highest BCUT2D eigenvalue weighted by Gasteiger charge is 2.10. The molecule has 0 saturated carbocycles. The molecule has 1 aromatic rings. The Morgan fingerprint density at radius 1 is 1.33 bits per heavy atom. The SMILES string of the molecule is O=CCCN(Cc1ccccc1)C(=O)O. The molecule has 0 fully saturated rings. The molecule has 0 aromatic heterocycles. The number of aldehydes is 1. The first-order chi connectivity index (χ1) is 7.24. The van der Waals surface area contributed by atoms with Gasteiger partial charge in [-0.25, -0.2) is 4.79 Å². The van der Waals surface area contributed by atoms with Gasteiger partial charge in [0.1, 0.15) is 6.29 Å². The Bertz CT molecular complexity index is 324. The zero-order chi connectivity index (χ0) is 11.1. The first-order valence-corrected chi connectivity index (χ1v) is 4.69. The van der Waals surface area contributed by atoms with Gasteiger partial charge in [-0.2, -0.15) is 0 Å². The summed E-state index contributed by atoms with van der Waals surface area (Å²) < 4.78 is 0. The number of rotatable bonds is 5. The van der Waals surface area contributed by atoms with E-state index in [1.54, 1.807) is 0 Å². The normalized spacial score (nSPS) is 9.60. The summed E-state index contributed by atoms with van der Waals surface area (Å²) in [5.41, 5.74) is 0.922. The molecule has 0 spiro atoms. The maximum Gasteiger partial charge on any atom is 0.407 e. The van der Waals surface area contributed by atoms with Crippen LogP contribution in [0.3, 0.4) is 0 Å². The van der Waals surface area contributed by atoms with Crippen LogP contribution < -0.4 is 0 Å². The van der Waals surface area contributed by atoms with E-state index in [-0.39, 0.29) is 13.0 Å². The average molecular weight is 207 g/mol. The zero-order valence-electron chi connectivity index (χ0n) is 8.30. The van der Waals surface area contributed by atoms with E-state index in [4.69, 9.17) is 5.11 Å². The lowest BCUT2D eigenvalue weighted by molar-refractivity contribution is -0.108. The molecular weight excluding hydrogens is 194 g/mol. The first kappa shape index (κ1) is 11.2. The molecule has 0 aliphatic rings. The summed E-state index contributed by atoms with van der Waals surface area (Å²) in [5, 5.41) is 8.87. The maximum atomic E-state index is 10.8. The van der Waals surface area contributed by atoms with Crippen molar-refractivity contribution in [1.82, 2.24) is 4.90 Å². The summed E-state index contributed by atoms with van der Waals surface area (Å²) in [4.78, 5) is 22.2. The third-order valence-electron chi connectivity index (χ3n) is 2.00. The minimum absolute atomic E-state index is 0.235. The van der Waals surface area contributed by atoms with E-state index >= 15 is 0 Å². The summed E-state index contributed by atoms with van der Waals surface area (Å²) in [6, 6.07) is 9.30. The van der Waals surface area contributed by atoms with E-state index in [1.165, 1.54) is 4.90 Å². The number of carbonyl (C=O) groups is 2. The number of hydrogen-bond donors (Lipinski definition) is 1. The molecule has 0 bridgehead atoms. The molecule has 0 aliphatic carbocycles. The molecule has 0 atom stereocenters. The van der Waals surface area contributed by atoms with Crippen LogP contribution >= 0.6 is 0 Å². The van der Waals surface area contributed by atoms with Crippen molar-refractivity contribution in [2.45, 2.75) is 13.0 Å². The number of carboxylic acid groups (broad SMARTS) is 1. The van der Waals surface area contributed by atoms with Crippen LogP contribution in [0.25, 0.3) is 0 Å². The third kappa shape index (κ3) is 3.81. The zero-order valence-corrected chi connectivity index (χ0v) is 8.30. The van der Waals surface area contributed by atoms with Crippen LogP contribution in [-0.2, 0) is 11.3 Å². The lowest BCUT2D eigenvalue weighted by Gasteiger charge is -2.17. The minimum atomic E-state index is -0.999. The van der Waals surface area contributed by atoms with Crippen LogP contribution in [0.15, 0.2) is 30.3 Å². The fourth-order valence-electron chi connectivity index (χ4n) is 1.25. The molecule has 1 N–H and O–H groups in total. The largest absolute Gasteiger partial charge is 0.465 e. The summed E-state index contributed by atoms with van der Waals surface area (Å²) in [6.45, 7) is 0.567. The van der Waals surface area contributed by atoms with Crippen molar-refractivity contribution < 1.29 is 14.7 Å². The van der Waals surface area contributed by atoms with Crippen LogP contribution in [0, 0.1) is 0 Å². The van der Waals surface area contributed by atoms with Gasteiger partial charge in [0.25, 0.3) is 0 Å². The average Bonchev–Trinajstić information content (AvgIpc) is 2.25. The van der Waals surface area contributed by atoms with Gasteiger partial charge < -0.3 is 14.8 Å². The Morgan fingerprint density at radius 2 is 2.00 bits per heavy atom. The Balaban J connectivity index is 2.58. The summed E-state index contributed by atoms with van der Waals surface area (Å²) in [5.74, 6) is 0. The number of carbonyl (C=O) groups excluding carboxylic acids is 1. The van der Waals surface area contributed by atoms with Crippen LogP contribution in [0.4, 0.5) is 4.79 Å². The monoisotopic (exact) mass is 207 g/mol. The summed E-state index contributed by atoms with van der Waals surface area (Å²) in [6.07, 6.45) is -0.0409. The quantitative estimate of drug-likeness (QED) is 0.748. The molecule has 1 amide bonds. The molecule has 0 radical (unpaired) electrons. The molecule has 0 unspecified atom stereocenters. The van der Waals surface area contributed by atoms with Crippen molar-refractivity contribution in [3.63, 3.8) is 0 Å². The predicted molar refractivity (Wildman–Crippen MR) is 55.6 cm³/mol. The van der Waals surface area contributed by atoms with Gasteiger partial charge in [0.2, 0.25) is 0 Å². The standard InChI is InChI=1S/C11H13NO3/c13-8-4-7-12(11(14)15)9-10-5-2-1-3-6-10/h1-3,5-6,8H,4,7,9H2,(H,14,15). The van der Waals surface area contributed by atoms with Crippen LogP contribution in [0.2, 0.25) is 0 Å². The number of nitrogens with zero attached hydrogens (tertiary/aromatic N) is 1. The van der Waals surface area contributed by atoms with E-state index in [0.29, 0.717) is 6.54 Å². The van der Waals surface area contributed by atoms with Crippen molar-refractivity contribution in [2.75, 3.05) is 6.54 Å². The van der Waals surface area contributed by atoms with Gasteiger partial charge in [-0.15, -0.1) is 0 Å². The highest BCUT2D eigenvalue weighted by Crippen LogP contribution is 2.04. The number of hydrogen-bond acceptors (Lipinski definition) is 2. The van der Waals surface area contributed by atoms with Crippen molar-refractivity contribution in [1.29, 1.82) is 0 Å². The highest BCUT2D eigenvalue weighted by atomic mass is 16.4. The van der Waals surface area contributed by atoms with Gasteiger partial charge in [0.05, 0.1) is 0 Å². The number of benzene rings is 1. The second kappa shape index (κ2) is 5.80. The van der Waals surface area contributed by atoms with Gasteiger partial charge in [-0.05, 0) is 5.56 Å². The Kier molecular flexibility index (Phi) is 4.34. The fourth-order valence-corrected chi connectivity index (χ4v) is 1.25. The van der Waals surface area contributed by atoms with Crippen molar-refractivity contribution in [2.24, 2.45) is 0 Å². The summed E-state index contributed by atoms with van der Waals surface area (Å²) in [7, 11) is 0. The topological polar surface area (TPSA) is 57.6 Å². The molecule has 4 heteroatoms. The summed E-state index contributed by atoms with van der Waals surface area (Å²) >= 11 is 0. The molecule has 1 rings (SSSR count). The Labute approximate surface area is 88.1 Å². The Hall–Kier alpha value is -1.84. The third-order valence-corrected chi connectivity index (χ3v) is 2.00. The lowest BCUT2D eigenvalue weighted by Crippen LogP contribution is -2.30. The molecule has 1 aromatic carbocycles. The molecule has 80 valence electrons. The van der Waals surface area contributed by atoms with E-state index in [1.807, 2.05) is 30.3 Å². The van der Waals surface area contributed by atoms with E-state index in [9.17, 15) is 9.59 Å². The highest BCUT2D eigenvalue weighted by molar-refractivity contribution is 5.65. The maximum absolute atomic E-state index is 10.8. The van der Waals surface area contributed by atoms with Gasteiger partial charge in [0.15, 0.2) is 0 Å². The second-order valence-electron chi connectivity index (χ2n) is 3.15. The van der Waals surface area contributed by atoms with Crippen LogP contribution in [-0.4, -0.2) is 28.9 Å². The second-order valence-corrected chi connectivity index (χ2v) is 3.15. The number of amides is 1. The van der Waals surface area contributed by atoms with Gasteiger partial charge in [-0.3, -0.25) is 0 Å². The molecular formula is C11H13NO3. The molecule has 0 saturated heterocycles. The molecule has 15 heavy (non-hydrogen) atoms. The van der Waals surface area contributed by atoms with Crippen molar-refractivity contribution in [3.05, 3.63) is 35.9 Å². The minimum Gasteiger partial charge on any atom is -0.465 e. The van der Waals surface area contributed by atoms with Crippen molar-refractivity contribution >= 4 is 12.4 Å². The smallest absolute Gasteiger partial charge is 0.407 e. The molecule has 0 heterocycles. The predicted octanol–water partition coefficient (Wildman–Crippen LogP) is 1.76. The molecule has 4 nitrogen and oxygen atoms in total. The lowest BCUT2D eigenvalue weighted by atomic mass is 10.2. The van der Waals surface area contributed by atoms with E-state index in [0.717, 1.165) is 11.8 Å². The van der Waals surface area contributed by atoms with Crippen LogP contribution in [0.1, 0.15) is 12.0 Å². The van der Waals surface area contributed by atoms with Gasteiger partial charge >= 0.3 is 6.09 Å². The van der Waals surface area contributed by atoms with Gasteiger partial charge in [-0.1, -0.05) is 30.3 Å². The van der Waals surface area contributed by atoms with Gasteiger partial charge in [0, 0.05) is 19.5 Å². The van der Waals surface area contributed by atoms with Crippen molar-refractivity contribution in [3.8, 4) is 0 Å². The van der Waals surface area contributed by atoms with E-state index < -0.39 is 6.09 Å². The Morgan fingerprint density at radius 3 is 2.53 bits per heavy atom.